The van der Waals surface area contributed by atoms with Crippen LogP contribution < -0.4 is 5.32 Å². The molecule has 0 bridgehead atoms. The first-order valence-corrected chi connectivity index (χ1v) is 10.5. The summed E-state index contributed by atoms with van der Waals surface area (Å²) in [7, 11) is 0. The number of rotatable bonds is 5. The highest BCUT2D eigenvalue weighted by molar-refractivity contribution is 5.94. The van der Waals surface area contributed by atoms with Crippen LogP contribution in [-0.4, -0.2) is 35.8 Å². The number of amides is 2. The van der Waals surface area contributed by atoms with E-state index < -0.39 is 0 Å². The Morgan fingerprint density at radius 1 is 0.966 bits per heavy atom. The fourth-order valence-corrected chi connectivity index (χ4v) is 3.89. The largest absolute Gasteiger partial charge is 0.354 e. The summed E-state index contributed by atoms with van der Waals surface area (Å²) in [6.07, 6.45) is 2.92. The monoisotopic (exact) mass is 392 g/mol. The predicted octanol–water partition coefficient (Wildman–Crippen LogP) is 4.68. The molecule has 2 amide bonds. The van der Waals surface area contributed by atoms with Crippen LogP contribution in [-0.2, 0) is 11.2 Å². The molecule has 2 aromatic carbocycles. The van der Waals surface area contributed by atoms with Crippen molar-refractivity contribution in [3.63, 3.8) is 0 Å². The molecular formula is C25H32N2O2. The molecular weight excluding hydrogens is 360 g/mol. The number of hydrogen-bond donors (Lipinski definition) is 1. The van der Waals surface area contributed by atoms with Gasteiger partial charge in [0.1, 0.15) is 0 Å². The van der Waals surface area contributed by atoms with Crippen LogP contribution in [0.1, 0.15) is 56.5 Å². The summed E-state index contributed by atoms with van der Waals surface area (Å²) in [5.41, 5.74) is 4.51. The van der Waals surface area contributed by atoms with Crippen molar-refractivity contribution in [3.05, 3.63) is 59.7 Å². The first-order valence-electron chi connectivity index (χ1n) is 10.5. The second-order valence-electron chi connectivity index (χ2n) is 9.04. The van der Waals surface area contributed by atoms with Gasteiger partial charge in [0, 0.05) is 31.6 Å². The van der Waals surface area contributed by atoms with Crippen LogP contribution in [0.3, 0.4) is 0 Å². The Bertz CT molecular complexity index is 843. The molecule has 0 radical (unpaired) electrons. The normalized spacial score (nSPS) is 16.9. The van der Waals surface area contributed by atoms with E-state index in [0.717, 1.165) is 49.0 Å². The van der Waals surface area contributed by atoms with Crippen LogP contribution in [0.15, 0.2) is 48.5 Å². The van der Waals surface area contributed by atoms with Crippen LogP contribution in [0.25, 0.3) is 11.1 Å². The Morgan fingerprint density at radius 2 is 1.48 bits per heavy atom. The SMILES string of the molecule is CC(=O)NC(C)Cc1ccc(-c2ccc(C(=O)N3CCC(C)(C)CC3)cc2)cc1. The van der Waals surface area contributed by atoms with Gasteiger partial charge in [-0.3, -0.25) is 9.59 Å². The number of carbonyl (C=O) groups excluding carboxylic acids is 2. The molecule has 1 atom stereocenters. The predicted molar refractivity (Wildman–Crippen MR) is 118 cm³/mol. The third-order valence-corrected chi connectivity index (χ3v) is 5.81. The lowest BCUT2D eigenvalue weighted by Crippen LogP contribution is -2.41. The maximum absolute atomic E-state index is 12.8. The molecule has 0 saturated carbocycles. The number of piperidine rings is 1. The van der Waals surface area contributed by atoms with E-state index in [2.05, 4.69) is 43.4 Å². The van der Waals surface area contributed by atoms with Gasteiger partial charge in [-0.05, 0) is 60.4 Å². The van der Waals surface area contributed by atoms with Gasteiger partial charge in [-0.25, -0.2) is 0 Å². The number of carbonyl (C=O) groups is 2. The van der Waals surface area contributed by atoms with E-state index in [9.17, 15) is 9.59 Å². The molecule has 1 saturated heterocycles. The minimum Gasteiger partial charge on any atom is -0.354 e. The van der Waals surface area contributed by atoms with Crippen molar-refractivity contribution in [1.82, 2.24) is 10.2 Å². The second kappa shape index (κ2) is 8.81. The maximum Gasteiger partial charge on any atom is 0.253 e. The molecule has 1 heterocycles. The van der Waals surface area contributed by atoms with E-state index in [4.69, 9.17) is 0 Å². The Morgan fingerprint density at radius 3 is 2.00 bits per heavy atom. The first kappa shape index (κ1) is 21.1. The summed E-state index contributed by atoms with van der Waals surface area (Å²) in [6, 6.07) is 16.4. The highest BCUT2D eigenvalue weighted by Gasteiger charge is 2.28. The van der Waals surface area contributed by atoms with Crippen molar-refractivity contribution in [1.29, 1.82) is 0 Å². The molecule has 0 aromatic heterocycles. The van der Waals surface area contributed by atoms with Crippen molar-refractivity contribution in [3.8, 4) is 11.1 Å². The number of likely N-dealkylation sites (tertiary alicyclic amines) is 1. The summed E-state index contributed by atoms with van der Waals surface area (Å²) in [5.74, 6) is 0.131. The lowest BCUT2D eigenvalue weighted by Gasteiger charge is -2.37. The van der Waals surface area contributed by atoms with E-state index in [-0.39, 0.29) is 17.9 Å². The van der Waals surface area contributed by atoms with Crippen LogP contribution >= 0.6 is 0 Å². The zero-order chi connectivity index (χ0) is 21.0. The summed E-state index contributed by atoms with van der Waals surface area (Å²) in [4.78, 5) is 25.9. The van der Waals surface area contributed by atoms with Gasteiger partial charge >= 0.3 is 0 Å². The molecule has 2 aromatic rings. The summed E-state index contributed by atoms with van der Waals surface area (Å²) in [5, 5.41) is 2.91. The third kappa shape index (κ3) is 5.69. The summed E-state index contributed by atoms with van der Waals surface area (Å²) < 4.78 is 0. The molecule has 154 valence electrons. The van der Waals surface area contributed by atoms with Gasteiger partial charge in [0.05, 0.1) is 0 Å². The van der Waals surface area contributed by atoms with E-state index in [1.54, 1.807) is 6.92 Å². The molecule has 0 aliphatic carbocycles. The van der Waals surface area contributed by atoms with E-state index in [0.29, 0.717) is 5.41 Å². The molecule has 4 nitrogen and oxygen atoms in total. The van der Waals surface area contributed by atoms with E-state index >= 15 is 0 Å². The van der Waals surface area contributed by atoms with Crippen LogP contribution in [0.5, 0.6) is 0 Å². The van der Waals surface area contributed by atoms with Gasteiger partial charge in [0.15, 0.2) is 0 Å². The average Bonchev–Trinajstić information content (AvgIpc) is 2.67. The second-order valence-corrected chi connectivity index (χ2v) is 9.04. The molecule has 1 N–H and O–H groups in total. The molecule has 1 aliphatic rings. The van der Waals surface area contributed by atoms with Crippen molar-refractivity contribution in [2.45, 2.75) is 53.0 Å². The van der Waals surface area contributed by atoms with Gasteiger partial charge in [0.25, 0.3) is 5.91 Å². The molecule has 4 heteroatoms. The Balaban J connectivity index is 1.62. The minimum atomic E-state index is -0.00276. The smallest absolute Gasteiger partial charge is 0.253 e. The van der Waals surface area contributed by atoms with Gasteiger partial charge in [-0.2, -0.15) is 0 Å². The Hall–Kier alpha value is -2.62. The van der Waals surface area contributed by atoms with Crippen molar-refractivity contribution >= 4 is 11.8 Å². The highest BCUT2D eigenvalue weighted by atomic mass is 16.2. The molecule has 3 rings (SSSR count). The van der Waals surface area contributed by atoms with Crippen LogP contribution in [0.2, 0.25) is 0 Å². The molecule has 1 fully saturated rings. The molecule has 1 unspecified atom stereocenters. The standard InChI is InChI=1S/C25H32N2O2/c1-18(26-19(2)28)17-20-5-7-21(8-6-20)22-9-11-23(12-10-22)24(29)27-15-13-25(3,4)14-16-27/h5-12,18H,13-17H2,1-4H3,(H,26,28). The fourth-order valence-electron chi connectivity index (χ4n) is 3.89. The van der Waals surface area contributed by atoms with Gasteiger partial charge < -0.3 is 10.2 Å². The summed E-state index contributed by atoms with van der Waals surface area (Å²) in [6.45, 7) is 9.77. The highest BCUT2D eigenvalue weighted by Crippen LogP contribution is 2.30. The first-order chi connectivity index (χ1) is 13.7. The number of nitrogens with one attached hydrogen (secondary N) is 1. The van der Waals surface area contributed by atoms with Crippen molar-refractivity contribution in [2.75, 3.05) is 13.1 Å². The Labute approximate surface area is 174 Å². The van der Waals surface area contributed by atoms with Gasteiger partial charge in [0.2, 0.25) is 5.91 Å². The third-order valence-electron chi connectivity index (χ3n) is 5.81. The maximum atomic E-state index is 12.8. The van der Waals surface area contributed by atoms with E-state index in [1.165, 1.54) is 5.56 Å². The minimum absolute atomic E-state index is 0.00276. The van der Waals surface area contributed by atoms with E-state index in [1.807, 2.05) is 36.1 Å². The number of nitrogens with zero attached hydrogens (tertiary/aromatic N) is 1. The topological polar surface area (TPSA) is 49.4 Å². The van der Waals surface area contributed by atoms with Crippen molar-refractivity contribution < 1.29 is 9.59 Å². The number of benzene rings is 2. The molecule has 1 aliphatic heterocycles. The summed E-state index contributed by atoms with van der Waals surface area (Å²) >= 11 is 0. The molecule has 0 spiro atoms. The van der Waals surface area contributed by atoms with Crippen LogP contribution in [0, 0.1) is 5.41 Å². The van der Waals surface area contributed by atoms with Crippen molar-refractivity contribution in [2.24, 2.45) is 5.41 Å². The Kier molecular flexibility index (Phi) is 6.41. The molecule has 29 heavy (non-hydrogen) atoms. The quantitative estimate of drug-likeness (QED) is 0.803. The zero-order valence-corrected chi connectivity index (χ0v) is 18.0. The zero-order valence-electron chi connectivity index (χ0n) is 18.0. The number of hydrogen-bond acceptors (Lipinski definition) is 2. The van der Waals surface area contributed by atoms with Crippen LogP contribution in [0.4, 0.5) is 0 Å². The average molecular weight is 393 g/mol. The lowest BCUT2D eigenvalue weighted by atomic mass is 9.82. The lowest BCUT2D eigenvalue weighted by molar-refractivity contribution is -0.119. The van der Waals surface area contributed by atoms with Gasteiger partial charge in [-0.15, -0.1) is 0 Å². The fraction of sp³-hybridized carbons (Fsp3) is 0.440. The van der Waals surface area contributed by atoms with Gasteiger partial charge in [-0.1, -0.05) is 50.2 Å².